The van der Waals surface area contributed by atoms with Gasteiger partial charge in [0, 0.05) is 5.25 Å². The Morgan fingerprint density at radius 1 is 1.80 bits per heavy atom. The second-order valence-electron chi connectivity index (χ2n) is 2.04. The zero-order valence-corrected chi connectivity index (χ0v) is 7.41. The topological polar surface area (TPSA) is 20.2 Å². The second kappa shape index (κ2) is 4.01. The van der Waals surface area contributed by atoms with Gasteiger partial charge >= 0.3 is 0 Å². The standard InChI is InChI=1S/C7H10OS2/c1-6(5-8)10-7-3-2-4-9-7/h2-4,6,8H,5H2,1H3. The van der Waals surface area contributed by atoms with Crippen molar-refractivity contribution in [2.75, 3.05) is 6.61 Å². The van der Waals surface area contributed by atoms with Crippen molar-refractivity contribution in [1.29, 1.82) is 0 Å². The molecular formula is C7H10OS2. The van der Waals surface area contributed by atoms with Gasteiger partial charge in [-0.3, -0.25) is 0 Å². The number of aliphatic hydroxyl groups is 1. The Morgan fingerprint density at radius 3 is 3.10 bits per heavy atom. The van der Waals surface area contributed by atoms with Crippen LogP contribution >= 0.6 is 23.1 Å². The number of thioether (sulfide) groups is 1. The van der Waals surface area contributed by atoms with Crippen LogP contribution in [0.4, 0.5) is 0 Å². The van der Waals surface area contributed by atoms with Crippen molar-refractivity contribution in [3.8, 4) is 0 Å². The number of hydrogen-bond donors (Lipinski definition) is 1. The van der Waals surface area contributed by atoms with Crippen molar-refractivity contribution in [3.63, 3.8) is 0 Å². The lowest BCUT2D eigenvalue weighted by molar-refractivity contribution is 0.300. The Labute approximate surface area is 69.1 Å². The first-order valence-electron chi connectivity index (χ1n) is 3.14. The first-order chi connectivity index (χ1) is 4.83. The highest BCUT2D eigenvalue weighted by Crippen LogP contribution is 2.26. The predicted octanol–water partition coefficient (Wildman–Crippen LogP) is 2.22. The van der Waals surface area contributed by atoms with Gasteiger partial charge in [-0.05, 0) is 11.4 Å². The molecule has 3 heteroatoms. The van der Waals surface area contributed by atoms with E-state index in [4.69, 9.17) is 5.11 Å². The zero-order chi connectivity index (χ0) is 7.40. The summed E-state index contributed by atoms with van der Waals surface area (Å²) in [5.41, 5.74) is 0. The van der Waals surface area contributed by atoms with E-state index in [1.807, 2.05) is 18.4 Å². The van der Waals surface area contributed by atoms with Crippen molar-refractivity contribution >= 4 is 23.1 Å². The summed E-state index contributed by atoms with van der Waals surface area (Å²) in [5, 5.41) is 11.1. The van der Waals surface area contributed by atoms with E-state index in [1.165, 1.54) is 4.21 Å². The van der Waals surface area contributed by atoms with Crippen molar-refractivity contribution in [2.24, 2.45) is 0 Å². The average Bonchev–Trinajstić information content (AvgIpc) is 2.40. The molecule has 0 saturated carbocycles. The highest BCUT2D eigenvalue weighted by atomic mass is 32.2. The monoisotopic (exact) mass is 174 g/mol. The van der Waals surface area contributed by atoms with Gasteiger partial charge < -0.3 is 5.11 Å². The van der Waals surface area contributed by atoms with Gasteiger partial charge in [-0.1, -0.05) is 13.0 Å². The summed E-state index contributed by atoms with van der Waals surface area (Å²) in [4.78, 5) is 0. The lowest BCUT2D eigenvalue weighted by Gasteiger charge is -2.03. The summed E-state index contributed by atoms with van der Waals surface area (Å²) in [6.07, 6.45) is 0. The lowest BCUT2D eigenvalue weighted by atomic mass is 10.5. The normalized spacial score (nSPS) is 13.4. The molecule has 1 atom stereocenters. The molecule has 1 N–H and O–H groups in total. The van der Waals surface area contributed by atoms with E-state index in [9.17, 15) is 0 Å². The Bertz CT molecular complexity index is 172. The minimum atomic E-state index is 0.253. The van der Waals surface area contributed by atoms with E-state index in [0.717, 1.165) is 0 Å². The van der Waals surface area contributed by atoms with Crippen LogP contribution in [0.1, 0.15) is 6.92 Å². The minimum Gasteiger partial charge on any atom is -0.395 e. The summed E-state index contributed by atoms with van der Waals surface area (Å²) in [5.74, 6) is 0. The molecule has 0 fully saturated rings. The molecule has 1 aromatic rings. The molecule has 1 aromatic heterocycles. The third-order valence-electron chi connectivity index (χ3n) is 1.07. The van der Waals surface area contributed by atoms with Crippen LogP contribution in [0.5, 0.6) is 0 Å². The van der Waals surface area contributed by atoms with Gasteiger partial charge in [0.15, 0.2) is 0 Å². The van der Waals surface area contributed by atoms with E-state index in [1.54, 1.807) is 23.1 Å². The van der Waals surface area contributed by atoms with E-state index < -0.39 is 0 Å². The Kier molecular flexibility index (Phi) is 3.25. The number of hydrogen-bond acceptors (Lipinski definition) is 3. The molecule has 0 saturated heterocycles. The molecule has 56 valence electrons. The molecular weight excluding hydrogens is 164 g/mol. The minimum absolute atomic E-state index is 0.253. The van der Waals surface area contributed by atoms with Crippen molar-refractivity contribution in [2.45, 2.75) is 16.4 Å². The van der Waals surface area contributed by atoms with Crippen LogP contribution in [0.3, 0.4) is 0 Å². The van der Waals surface area contributed by atoms with Crippen molar-refractivity contribution in [1.82, 2.24) is 0 Å². The Hall–Kier alpha value is 0.01000. The maximum atomic E-state index is 8.72. The number of rotatable bonds is 3. The molecule has 0 bridgehead atoms. The highest BCUT2D eigenvalue weighted by Gasteiger charge is 2.01. The van der Waals surface area contributed by atoms with E-state index in [2.05, 4.69) is 6.07 Å². The van der Waals surface area contributed by atoms with Gasteiger partial charge in [-0.2, -0.15) is 0 Å². The van der Waals surface area contributed by atoms with Gasteiger partial charge in [0.2, 0.25) is 0 Å². The summed E-state index contributed by atoms with van der Waals surface area (Å²) in [7, 11) is 0. The molecule has 0 radical (unpaired) electrons. The lowest BCUT2D eigenvalue weighted by Crippen LogP contribution is -2.00. The van der Waals surface area contributed by atoms with Crippen LogP contribution in [-0.4, -0.2) is 17.0 Å². The molecule has 0 amide bonds. The molecule has 1 rings (SSSR count). The maximum Gasteiger partial charge on any atom is 0.0601 e. The van der Waals surface area contributed by atoms with E-state index in [-0.39, 0.29) is 6.61 Å². The van der Waals surface area contributed by atoms with Crippen LogP contribution < -0.4 is 0 Å². The molecule has 0 aliphatic carbocycles. The molecule has 0 spiro atoms. The van der Waals surface area contributed by atoms with Crippen molar-refractivity contribution < 1.29 is 5.11 Å². The summed E-state index contributed by atoms with van der Waals surface area (Å²) in [6, 6.07) is 4.10. The molecule has 0 aliphatic rings. The average molecular weight is 174 g/mol. The largest absolute Gasteiger partial charge is 0.395 e. The number of thiophene rings is 1. The summed E-state index contributed by atoms with van der Waals surface area (Å²) >= 11 is 3.44. The Balaban J connectivity index is 2.40. The molecule has 1 nitrogen and oxygen atoms in total. The van der Waals surface area contributed by atoms with E-state index in [0.29, 0.717) is 5.25 Å². The summed E-state index contributed by atoms with van der Waals surface area (Å²) in [6.45, 7) is 2.27. The molecule has 1 heterocycles. The SMILES string of the molecule is CC(CO)Sc1cccs1. The van der Waals surface area contributed by atoms with Crippen LogP contribution in [0.15, 0.2) is 21.7 Å². The maximum absolute atomic E-state index is 8.72. The van der Waals surface area contributed by atoms with Crippen LogP contribution in [0.25, 0.3) is 0 Å². The zero-order valence-electron chi connectivity index (χ0n) is 5.78. The predicted molar refractivity (Wildman–Crippen MR) is 46.7 cm³/mol. The molecule has 1 unspecified atom stereocenters. The summed E-state index contributed by atoms with van der Waals surface area (Å²) < 4.78 is 1.28. The first kappa shape index (κ1) is 8.11. The molecule has 10 heavy (non-hydrogen) atoms. The highest BCUT2D eigenvalue weighted by molar-refractivity contribution is 8.01. The van der Waals surface area contributed by atoms with Gasteiger partial charge in [-0.25, -0.2) is 0 Å². The van der Waals surface area contributed by atoms with Gasteiger partial charge in [-0.15, -0.1) is 23.1 Å². The fourth-order valence-electron chi connectivity index (χ4n) is 0.566. The van der Waals surface area contributed by atoms with Gasteiger partial charge in [0.05, 0.1) is 10.8 Å². The Morgan fingerprint density at radius 2 is 2.60 bits per heavy atom. The first-order valence-corrected chi connectivity index (χ1v) is 4.90. The van der Waals surface area contributed by atoms with Gasteiger partial charge in [0.1, 0.15) is 0 Å². The van der Waals surface area contributed by atoms with Crippen LogP contribution in [0.2, 0.25) is 0 Å². The second-order valence-corrected chi connectivity index (χ2v) is 4.73. The fraction of sp³-hybridized carbons (Fsp3) is 0.429. The van der Waals surface area contributed by atoms with Crippen LogP contribution in [-0.2, 0) is 0 Å². The fourth-order valence-corrected chi connectivity index (χ4v) is 2.52. The third-order valence-corrected chi connectivity index (χ3v) is 3.23. The third kappa shape index (κ3) is 2.33. The van der Waals surface area contributed by atoms with Gasteiger partial charge in [0.25, 0.3) is 0 Å². The van der Waals surface area contributed by atoms with Crippen LogP contribution in [0, 0.1) is 0 Å². The number of aliphatic hydroxyl groups excluding tert-OH is 1. The van der Waals surface area contributed by atoms with Crippen molar-refractivity contribution in [3.05, 3.63) is 17.5 Å². The quantitative estimate of drug-likeness (QED) is 0.709. The van der Waals surface area contributed by atoms with E-state index >= 15 is 0 Å². The smallest absolute Gasteiger partial charge is 0.0601 e. The molecule has 0 aliphatic heterocycles. The molecule has 0 aromatic carbocycles.